The van der Waals surface area contributed by atoms with Crippen LogP contribution < -0.4 is 9.64 Å². The molecule has 0 N–H and O–H groups in total. The third-order valence-corrected chi connectivity index (χ3v) is 9.10. The zero-order valence-corrected chi connectivity index (χ0v) is 26.9. The highest BCUT2D eigenvalue weighted by Crippen LogP contribution is 2.48. The number of benzene rings is 1. The van der Waals surface area contributed by atoms with Gasteiger partial charge in [0, 0.05) is 74.8 Å². The van der Waals surface area contributed by atoms with E-state index in [-0.39, 0.29) is 18.1 Å². The van der Waals surface area contributed by atoms with Gasteiger partial charge in [0.2, 0.25) is 5.91 Å². The van der Waals surface area contributed by atoms with Gasteiger partial charge in [-0.25, -0.2) is 0 Å². The lowest BCUT2D eigenvalue weighted by atomic mass is 9.96. The van der Waals surface area contributed by atoms with Crippen LogP contribution in [0.25, 0.3) is 22.2 Å². The summed E-state index contributed by atoms with van der Waals surface area (Å²) in [5.41, 5.74) is 4.89. The maximum Gasteiger partial charge on any atom is 0.318 e. The minimum absolute atomic E-state index is 0.0369. The molecule has 230 valence electrons. The van der Waals surface area contributed by atoms with E-state index in [2.05, 4.69) is 36.8 Å². The Morgan fingerprint density at radius 3 is 2.72 bits per heavy atom. The molecule has 2 aliphatic rings. The predicted molar refractivity (Wildman–Crippen MR) is 172 cm³/mol. The molecule has 1 amide bonds. The van der Waals surface area contributed by atoms with Crippen molar-refractivity contribution in [2.45, 2.75) is 57.6 Å². The number of likely N-dealkylation sites (N-methyl/N-ethyl adjacent to an activating group) is 2. The van der Waals surface area contributed by atoms with E-state index in [0.717, 1.165) is 77.3 Å². The summed E-state index contributed by atoms with van der Waals surface area (Å²) < 4.78 is 10.9. The number of anilines is 1. The van der Waals surface area contributed by atoms with Gasteiger partial charge in [0.1, 0.15) is 5.82 Å². The molecule has 3 heterocycles. The van der Waals surface area contributed by atoms with Crippen LogP contribution in [0.5, 0.6) is 6.01 Å². The zero-order valence-electron chi connectivity index (χ0n) is 26.1. The number of ether oxygens (including phenoxy) is 2. The smallest absolute Gasteiger partial charge is 0.318 e. The van der Waals surface area contributed by atoms with E-state index < -0.39 is 0 Å². The van der Waals surface area contributed by atoms with Gasteiger partial charge in [0.15, 0.2) is 0 Å². The van der Waals surface area contributed by atoms with Crippen molar-refractivity contribution in [2.24, 2.45) is 0 Å². The van der Waals surface area contributed by atoms with E-state index in [0.29, 0.717) is 25.0 Å². The summed E-state index contributed by atoms with van der Waals surface area (Å²) in [5, 5.41) is 1.65. The van der Waals surface area contributed by atoms with Crippen molar-refractivity contribution in [3.63, 3.8) is 0 Å². The monoisotopic (exact) mass is 606 g/mol. The summed E-state index contributed by atoms with van der Waals surface area (Å²) >= 11 is 6.66. The van der Waals surface area contributed by atoms with Gasteiger partial charge >= 0.3 is 6.01 Å². The lowest BCUT2D eigenvalue weighted by molar-refractivity contribution is -0.125. The number of methoxy groups -OCH3 is 2. The predicted octanol–water partition coefficient (Wildman–Crippen LogP) is 5.49. The van der Waals surface area contributed by atoms with Gasteiger partial charge in [0.25, 0.3) is 0 Å². The summed E-state index contributed by atoms with van der Waals surface area (Å²) in [6.45, 7) is 7.06. The Morgan fingerprint density at radius 1 is 1.21 bits per heavy atom. The third kappa shape index (κ3) is 6.95. The minimum atomic E-state index is 0.0369. The fraction of sp³-hybridized carbons (Fsp3) is 0.515. The van der Waals surface area contributed by atoms with Crippen LogP contribution in [0.1, 0.15) is 49.7 Å². The van der Waals surface area contributed by atoms with E-state index in [1.165, 1.54) is 5.56 Å². The molecular weight excluding hydrogens is 564 g/mol. The topological polar surface area (TPSA) is 83.9 Å². The van der Waals surface area contributed by atoms with Crippen LogP contribution in [0, 0.1) is 6.92 Å². The number of carbonyl (C=O) groups is 1. The number of aromatic nitrogens is 3. The number of likely N-dealkylation sites (tertiary alicyclic amines) is 1. The highest BCUT2D eigenvalue weighted by atomic mass is 35.5. The Kier molecular flexibility index (Phi) is 9.84. The van der Waals surface area contributed by atoms with Crippen LogP contribution >= 0.6 is 11.6 Å². The molecule has 2 aromatic heterocycles. The Balaban J connectivity index is 1.33. The summed E-state index contributed by atoms with van der Waals surface area (Å²) in [5.74, 6) is 1.27. The van der Waals surface area contributed by atoms with Crippen molar-refractivity contribution >= 4 is 34.2 Å². The van der Waals surface area contributed by atoms with Crippen LogP contribution in [0.4, 0.5) is 5.82 Å². The van der Waals surface area contributed by atoms with Crippen molar-refractivity contribution in [1.29, 1.82) is 0 Å². The summed E-state index contributed by atoms with van der Waals surface area (Å²) in [4.78, 5) is 33.7. The van der Waals surface area contributed by atoms with E-state index in [1.54, 1.807) is 20.3 Å². The lowest BCUT2D eigenvalue weighted by Crippen LogP contribution is -2.36. The first-order valence-corrected chi connectivity index (χ1v) is 15.5. The Bertz CT molecular complexity index is 1490. The molecule has 0 bridgehead atoms. The standard InChI is InChI=1S/C33H43ClN6O3/c1-21(42-5)14-17-38(3)16-8-11-28(41)40-18-15-24(20-40)39(4)32-26-19-35-30(22(2)31(26)36-33(37-32)43-6)25-9-7-10-27(34)29(25)23-12-13-23/h7-11,19,21,23-24H,12-18,20H2,1-6H3/b11-8+. The Hall–Kier alpha value is -3.27. The summed E-state index contributed by atoms with van der Waals surface area (Å²) in [6, 6.07) is 6.46. The average Bonchev–Trinajstić information content (AvgIpc) is 3.73. The molecule has 1 aromatic carbocycles. The van der Waals surface area contributed by atoms with Crippen molar-refractivity contribution < 1.29 is 14.3 Å². The highest BCUT2D eigenvalue weighted by Gasteiger charge is 2.32. The maximum atomic E-state index is 13.0. The van der Waals surface area contributed by atoms with Gasteiger partial charge in [-0.05, 0) is 64.1 Å². The molecule has 0 radical (unpaired) electrons. The van der Waals surface area contributed by atoms with Gasteiger partial charge < -0.3 is 24.2 Å². The van der Waals surface area contributed by atoms with Crippen molar-refractivity contribution in [3.05, 3.63) is 52.7 Å². The largest absolute Gasteiger partial charge is 0.467 e. The molecule has 10 heteroatoms. The van der Waals surface area contributed by atoms with Crippen LogP contribution in [-0.4, -0.2) is 97.3 Å². The number of hydrogen-bond acceptors (Lipinski definition) is 8. The lowest BCUT2D eigenvalue weighted by Gasteiger charge is -2.27. The number of amides is 1. The van der Waals surface area contributed by atoms with Gasteiger partial charge in [-0.1, -0.05) is 29.8 Å². The molecule has 2 fully saturated rings. The average molecular weight is 607 g/mol. The van der Waals surface area contributed by atoms with E-state index in [9.17, 15) is 4.79 Å². The summed E-state index contributed by atoms with van der Waals surface area (Å²) in [7, 11) is 7.40. The van der Waals surface area contributed by atoms with E-state index in [1.807, 2.05) is 36.4 Å². The number of fused-ring (bicyclic) bond motifs is 1. The second-order valence-corrected chi connectivity index (χ2v) is 12.2. The molecule has 2 unspecified atom stereocenters. The number of pyridine rings is 1. The second-order valence-electron chi connectivity index (χ2n) is 11.8. The van der Waals surface area contributed by atoms with Gasteiger partial charge in [-0.3, -0.25) is 9.78 Å². The first-order chi connectivity index (χ1) is 20.7. The number of aryl methyl sites for hydroxylation is 1. The van der Waals surface area contributed by atoms with Crippen LogP contribution in [0.2, 0.25) is 5.02 Å². The highest BCUT2D eigenvalue weighted by molar-refractivity contribution is 6.32. The molecule has 9 nitrogen and oxygen atoms in total. The van der Waals surface area contributed by atoms with E-state index in [4.69, 9.17) is 36.0 Å². The molecule has 1 aliphatic heterocycles. The second kappa shape index (κ2) is 13.6. The molecule has 2 atom stereocenters. The quantitative estimate of drug-likeness (QED) is 0.250. The minimum Gasteiger partial charge on any atom is -0.467 e. The Labute approximate surface area is 259 Å². The van der Waals surface area contributed by atoms with Crippen LogP contribution in [0.3, 0.4) is 0 Å². The maximum absolute atomic E-state index is 13.0. The Morgan fingerprint density at radius 2 is 2.00 bits per heavy atom. The van der Waals surface area contributed by atoms with Crippen LogP contribution in [0.15, 0.2) is 36.5 Å². The number of rotatable bonds is 12. The molecular formula is C33H43ClN6O3. The van der Waals surface area contributed by atoms with Crippen molar-refractivity contribution in [2.75, 3.05) is 59.4 Å². The fourth-order valence-corrected chi connectivity index (χ4v) is 6.15. The molecule has 1 aliphatic carbocycles. The van der Waals surface area contributed by atoms with Crippen LogP contribution in [-0.2, 0) is 9.53 Å². The molecule has 43 heavy (non-hydrogen) atoms. The normalized spacial score (nSPS) is 17.8. The fourth-order valence-electron chi connectivity index (χ4n) is 5.82. The zero-order chi connectivity index (χ0) is 30.7. The molecule has 1 saturated heterocycles. The molecule has 3 aromatic rings. The first kappa shape index (κ1) is 31.2. The number of carbonyl (C=O) groups excluding carboxylic acids is 1. The van der Waals surface area contributed by atoms with E-state index >= 15 is 0 Å². The summed E-state index contributed by atoms with van der Waals surface area (Å²) in [6.07, 6.45) is 9.83. The first-order valence-electron chi connectivity index (χ1n) is 15.1. The van der Waals surface area contributed by atoms with Gasteiger partial charge in [-0.2, -0.15) is 9.97 Å². The van der Waals surface area contributed by atoms with Gasteiger partial charge in [-0.15, -0.1) is 0 Å². The molecule has 1 saturated carbocycles. The SMILES string of the molecule is COc1nc(N(C)C2CCN(C(=O)/C=C/CN(C)CCC(C)OC)C2)c2cnc(-c3cccc(Cl)c3C3CC3)c(C)c2n1. The van der Waals surface area contributed by atoms with Crippen molar-refractivity contribution in [3.8, 4) is 17.3 Å². The molecule has 5 rings (SSSR count). The number of nitrogens with zero attached hydrogens (tertiary/aromatic N) is 6. The number of halogens is 1. The van der Waals surface area contributed by atoms with Crippen molar-refractivity contribution in [1.82, 2.24) is 24.8 Å². The van der Waals surface area contributed by atoms with Gasteiger partial charge in [0.05, 0.1) is 29.8 Å². The number of hydrogen-bond donors (Lipinski definition) is 0. The molecule has 0 spiro atoms. The third-order valence-electron chi connectivity index (χ3n) is 8.77.